The topological polar surface area (TPSA) is 37.4 Å². The third-order valence-corrected chi connectivity index (χ3v) is 3.45. The second-order valence-corrected chi connectivity index (χ2v) is 5.44. The van der Waals surface area contributed by atoms with Crippen molar-refractivity contribution >= 4 is 27.7 Å². The standard InChI is InChI=1S/C14H12BrNO2/c1-4-12(8(2)3)16-13(17)10-6-5-9(15)7-11(10)14(16)18/h1,5-8,12H,2-3H3. The Morgan fingerprint density at radius 1 is 1.22 bits per heavy atom. The van der Waals surface area contributed by atoms with Gasteiger partial charge in [0.15, 0.2) is 0 Å². The maximum atomic E-state index is 12.3. The highest BCUT2D eigenvalue weighted by Gasteiger charge is 2.40. The number of hydrogen-bond donors (Lipinski definition) is 0. The molecule has 1 heterocycles. The van der Waals surface area contributed by atoms with Crippen LogP contribution in [0.3, 0.4) is 0 Å². The minimum absolute atomic E-state index is 0.0284. The molecule has 2 rings (SSSR count). The number of carbonyl (C=O) groups is 2. The second kappa shape index (κ2) is 4.58. The number of carbonyl (C=O) groups excluding carboxylic acids is 2. The molecule has 0 saturated heterocycles. The van der Waals surface area contributed by atoms with Crippen LogP contribution >= 0.6 is 15.9 Å². The highest BCUT2D eigenvalue weighted by atomic mass is 79.9. The quantitative estimate of drug-likeness (QED) is 0.622. The lowest BCUT2D eigenvalue weighted by Gasteiger charge is -2.24. The Hall–Kier alpha value is -1.60. The lowest BCUT2D eigenvalue weighted by molar-refractivity contribution is 0.0590. The summed E-state index contributed by atoms with van der Waals surface area (Å²) in [6.45, 7) is 3.79. The van der Waals surface area contributed by atoms with Gasteiger partial charge in [-0.2, -0.15) is 0 Å². The lowest BCUT2D eigenvalue weighted by Crippen LogP contribution is -2.42. The molecule has 1 unspecified atom stereocenters. The zero-order chi connectivity index (χ0) is 13.4. The Morgan fingerprint density at radius 2 is 1.83 bits per heavy atom. The molecule has 0 spiro atoms. The van der Waals surface area contributed by atoms with Crippen LogP contribution in [0.25, 0.3) is 0 Å². The summed E-state index contributed by atoms with van der Waals surface area (Å²) in [5, 5.41) is 0. The minimum Gasteiger partial charge on any atom is -0.269 e. The van der Waals surface area contributed by atoms with Gasteiger partial charge in [-0.3, -0.25) is 14.5 Å². The first-order valence-electron chi connectivity index (χ1n) is 5.61. The molecule has 0 fully saturated rings. The van der Waals surface area contributed by atoms with Crippen molar-refractivity contribution < 1.29 is 9.59 Å². The summed E-state index contributed by atoms with van der Waals surface area (Å²) in [5.74, 6) is 1.94. The molecule has 18 heavy (non-hydrogen) atoms. The van der Waals surface area contributed by atoms with Crippen LogP contribution in [-0.4, -0.2) is 22.8 Å². The lowest BCUT2D eigenvalue weighted by atomic mass is 10.0. The van der Waals surface area contributed by atoms with Crippen LogP contribution in [0.1, 0.15) is 34.6 Å². The van der Waals surface area contributed by atoms with Crippen LogP contribution < -0.4 is 0 Å². The number of hydrogen-bond acceptors (Lipinski definition) is 2. The second-order valence-electron chi connectivity index (χ2n) is 4.53. The van der Waals surface area contributed by atoms with Crippen molar-refractivity contribution in [2.45, 2.75) is 19.9 Å². The van der Waals surface area contributed by atoms with Gasteiger partial charge in [0, 0.05) is 4.47 Å². The number of nitrogens with zero attached hydrogens (tertiary/aromatic N) is 1. The molecular formula is C14H12BrNO2. The summed E-state index contributed by atoms with van der Waals surface area (Å²) in [5.41, 5.74) is 0.833. The van der Waals surface area contributed by atoms with Crippen LogP contribution in [0.5, 0.6) is 0 Å². The van der Waals surface area contributed by atoms with E-state index in [2.05, 4.69) is 21.9 Å². The van der Waals surface area contributed by atoms with Crippen LogP contribution in [0.2, 0.25) is 0 Å². The van der Waals surface area contributed by atoms with Gasteiger partial charge in [-0.1, -0.05) is 35.7 Å². The molecule has 1 aliphatic heterocycles. The number of rotatable bonds is 2. The fourth-order valence-electron chi connectivity index (χ4n) is 2.05. The third-order valence-electron chi connectivity index (χ3n) is 2.96. The molecule has 1 atom stereocenters. The Bertz CT molecular complexity index is 572. The van der Waals surface area contributed by atoms with Gasteiger partial charge in [-0.25, -0.2) is 0 Å². The minimum atomic E-state index is -0.504. The maximum Gasteiger partial charge on any atom is 0.262 e. The van der Waals surface area contributed by atoms with Crippen molar-refractivity contribution in [3.05, 3.63) is 33.8 Å². The SMILES string of the molecule is C#CC(C(C)C)N1C(=O)c2ccc(Br)cc2C1=O. The Morgan fingerprint density at radius 3 is 2.39 bits per heavy atom. The average Bonchev–Trinajstić information content (AvgIpc) is 2.55. The van der Waals surface area contributed by atoms with Gasteiger partial charge in [0.05, 0.1) is 11.1 Å². The molecule has 1 aromatic carbocycles. The van der Waals surface area contributed by atoms with E-state index in [0.717, 1.165) is 4.47 Å². The van der Waals surface area contributed by atoms with Gasteiger partial charge in [0.2, 0.25) is 0 Å². The van der Waals surface area contributed by atoms with Gasteiger partial charge < -0.3 is 0 Å². The zero-order valence-corrected chi connectivity index (χ0v) is 11.7. The first kappa shape index (κ1) is 12.8. The van der Waals surface area contributed by atoms with Crippen molar-refractivity contribution in [1.29, 1.82) is 0 Å². The normalized spacial score (nSPS) is 15.8. The van der Waals surface area contributed by atoms with E-state index in [0.29, 0.717) is 11.1 Å². The Kier molecular flexibility index (Phi) is 3.27. The predicted molar refractivity (Wildman–Crippen MR) is 72.1 cm³/mol. The Labute approximate surface area is 114 Å². The molecule has 3 nitrogen and oxygen atoms in total. The van der Waals surface area contributed by atoms with E-state index < -0.39 is 6.04 Å². The number of benzene rings is 1. The molecule has 2 amide bonds. The molecule has 0 aromatic heterocycles. The van der Waals surface area contributed by atoms with E-state index in [1.165, 1.54) is 4.90 Å². The molecule has 0 bridgehead atoms. The number of terminal acetylenes is 1. The summed E-state index contributed by atoms with van der Waals surface area (Å²) >= 11 is 3.29. The average molecular weight is 306 g/mol. The smallest absolute Gasteiger partial charge is 0.262 e. The third kappa shape index (κ3) is 1.85. The fraction of sp³-hybridized carbons (Fsp3) is 0.286. The van der Waals surface area contributed by atoms with Crippen molar-refractivity contribution in [2.75, 3.05) is 0 Å². The highest BCUT2D eigenvalue weighted by molar-refractivity contribution is 9.10. The number of amides is 2. The molecular weight excluding hydrogens is 294 g/mol. The predicted octanol–water partition coefficient (Wildman–Crippen LogP) is 2.70. The van der Waals surface area contributed by atoms with E-state index in [1.807, 2.05) is 13.8 Å². The van der Waals surface area contributed by atoms with Gasteiger partial charge in [-0.05, 0) is 24.1 Å². The van der Waals surface area contributed by atoms with Crippen molar-refractivity contribution in [3.63, 3.8) is 0 Å². The molecule has 1 aliphatic rings. The van der Waals surface area contributed by atoms with Crippen molar-refractivity contribution in [1.82, 2.24) is 4.90 Å². The first-order chi connectivity index (χ1) is 8.47. The number of imide groups is 1. The monoisotopic (exact) mass is 305 g/mol. The van der Waals surface area contributed by atoms with E-state index in [1.54, 1.807) is 18.2 Å². The molecule has 0 saturated carbocycles. The van der Waals surface area contributed by atoms with Crippen molar-refractivity contribution in [2.24, 2.45) is 5.92 Å². The molecule has 0 aliphatic carbocycles. The van der Waals surface area contributed by atoms with Crippen molar-refractivity contribution in [3.8, 4) is 12.3 Å². The van der Waals surface area contributed by atoms with Gasteiger partial charge in [-0.15, -0.1) is 6.42 Å². The zero-order valence-electron chi connectivity index (χ0n) is 10.1. The summed E-state index contributed by atoms with van der Waals surface area (Å²) in [4.78, 5) is 25.7. The summed E-state index contributed by atoms with van der Waals surface area (Å²) in [7, 11) is 0. The Balaban J connectivity index is 2.49. The summed E-state index contributed by atoms with van der Waals surface area (Å²) in [6.07, 6.45) is 5.44. The summed E-state index contributed by atoms with van der Waals surface area (Å²) < 4.78 is 0.769. The number of halogens is 1. The number of fused-ring (bicyclic) bond motifs is 1. The largest absolute Gasteiger partial charge is 0.269 e. The van der Waals surface area contributed by atoms with E-state index >= 15 is 0 Å². The molecule has 0 radical (unpaired) electrons. The highest BCUT2D eigenvalue weighted by Crippen LogP contribution is 2.29. The molecule has 1 aromatic rings. The van der Waals surface area contributed by atoms with Gasteiger partial charge in [0.25, 0.3) is 11.8 Å². The molecule has 92 valence electrons. The van der Waals surface area contributed by atoms with Crippen LogP contribution in [0, 0.1) is 18.3 Å². The van der Waals surface area contributed by atoms with Crippen LogP contribution in [0.4, 0.5) is 0 Å². The van der Waals surface area contributed by atoms with Gasteiger partial charge in [0.1, 0.15) is 6.04 Å². The first-order valence-corrected chi connectivity index (χ1v) is 6.40. The van der Waals surface area contributed by atoms with Crippen LogP contribution in [-0.2, 0) is 0 Å². The van der Waals surface area contributed by atoms with E-state index in [4.69, 9.17) is 6.42 Å². The summed E-state index contributed by atoms with van der Waals surface area (Å²) in [6, 6.07) is 4.54. The van der Waals surface area contributed by atoms with Gasteiger partial charge >= 0.3 is 0 Å². The maximum absolute atomic E-state index is 12.3. The van der Waals surface area contributed by atoms with Crippen LogP contribution in [0.15, 0.2) is 22.7 Å². The van der Waals surface area contributed by atoms with E-state index in [9.17, 15) is 9.59 Å². The molecule has 4 heteroatoms. The molecule has 0 N–H and O–H groups in total. The van der Waals surface area contributed by atoms with E-state index in [-0.39, 0.29) is 17.7 Å². The fourth-order valence-corrected chi connectivity index (χ4v) is 2.41.